The van der Waals surface area contributed by atoms with E-state index in [0.717, 1.165) is 17.7 Å². The SMILES string of the molecule is COc1cc(C)c(NC(=O)C2CC3CCCCC3N2)cc1OC.Cl. The molecular formula is C18H27ClN2O3. The van der Waals surface area contributed by atoms with Gasteiger partial charge in [-0.05, 0) is 43.7 Å². The van der Waals surface area contributed by atoms with Crippen molar-refractivity contribution in [1.82, 2.24) is 5.32 Å². The van der Waals surface area contributed by atoms with E-state index in [9.17, 15) is 4.79 Å². The molecule has 0 radical (unpaired) electrons. The second kappa shape index (κ2) is 8.08. The van der Waals surface area contributed by atoms with Gasteiger partial charge >= 0.3 is 0 Å². The summed E-state index contributed by atoms with van der Waals surface area (Å²) in [5, 5.41) is 6.57. The highest BCUT2D eigenvalue weighted by atomic mass is 35.5. The number of carbonyl (C=O) groups is 1. The number of halogens is 1. The molecule has 1 aromatic carbocycles. The van der Waals surface area contributed by atoms with Crippen LogP contribution in [0.5, 0.6) is 11.5 Å². The molecule has 3 atom stereocenters. The van der Waals surface area contributed by atoms with E-state index in [1.807, 2.05) is 19.1 Å². The summed E-state index contributed by atoms with van der Waals surface area (Å²) in [4.78, 5) is 12.6. The zero-order valence-electron chi connectivity index (χ0n) is 14.6. The first-order valence-electron chi connectivity index (χ1n) is 8.42. The second-order valence-electron chi connectivity index (χ2n) is 6.62. The Hall–Kier alpha value is -1.46. The van der Waals surface area contributed by atoms with Gasteiger partial charge in [-0.25, -0.2) is 0 Å². The summed E-state index contributed by atoms with van der Waals surface area (Å²) < 4.78 is 10.6. The summed E-state index contributed by atoms with van der Waals surface area (Å²) in [5.74, 6) is 2.01. The highest BCUT2D eigenvalue weighted by molar-refractivity contribution is 5.96. The molecule has 6 heteroatoms. The lowest BCUT2D eigenvalue weighted by Gasteiger charge is -2.24. The number of carbonyl (C=O) groups excluding carboxylic acids is 1. The molecule has 134 valence electrons. The molecular weight excluding hydrogens is 328 g/mol. The fraction of sp³-hybridized carbons (Fsp3) is 0.611. The van der Waals surface area contributed by atoms with Crippen LogP contribution in [0.15, 0.2) is 12.1 Å². The van der Waals surface area contributed by atoms with Crippen molar-refractivity contribution in [3.63, 3.8) is 0 Å². The number of fused-ring (bicyclic) bond motifs is 1. The Labute approximate surface area is 149 Å². The molecule has 1 saturated heterocycles. The highest BCUT2D eigenvalue weighted by Gasteiger charge is 2.38. The number of benzene rings is 1. The quantitative estimate of drug-likeness (QED) is 0.871. The van der Waals surface area contributed by atoms with Crippen molar-refractivity contribution in [2.24, 2.45) is 5.92 Å². The predicted molar refractivity (Wildman–Crippen MR) is 97.4 cm³/mol. The van der Waals surface area contributed by atoms with Gasteiger partial charge in [-0.1, -0.05) is 12.8 Å². The fourth-order valence-electron chi connectivity index (χ4n) is 3.86. The maximum absolute atomic E-state index is 12.6. The number of rotatable bonds is 4. The van der Waals surface area contributed by atoms with Crippen molar-refractivity contribution in [1.29, 1.82) is 0 Å². The third-order valence-corrected chi connectivity index (χ3v) is 5.17. The van der Waals surface area contributed by atoms with Crippen LogP contribution in [0, 0.1) is 12.8 Å². The molecule has 0 bridgehead atoms. The van der Waals surface area contributed by atoms with Gasteiger partial charge in [0.1, 0.15) is 0 Å². The summed E-state index contributed by atoms with van der Waals surface area (Å²) in [6, 6.07) is 4.14. The molecule has 1 heterocycles. The minimum absolute atomic E-state index is 0. The number of ether oxygens (including phenoxy) is 2. The number of anilines is 1. The molecule has 3 unspecified atom stereocenters. The van der Waals surface area contributed by atoms with Crippen molar-refractivity contribution in [2.75, 3.05) is 19.5 Å². The van der Waals surface area contributed by atoms with Crippen molar-refractivity contribution in [3.05, 3.63) is 17.7 Å². The molecule has 5 nitrogen and oxygen atoms in total. The first-order chi connectivity index (χ1) is 11.1. The Morgan fingerprint density at radius 3 is 2.50 bits per heavy atom. The van der Waals surface area contributed by atoms with Crippen LogP contribution in [-0.2, 0) is 4.79 Å². The molecule has 24 heavy (non-hydrogen) atoms. The number of hydrogen-bond donors (Lipinski definition) is 2. The molecule has 0 aromatic heterocycles. The summed E-state index contributed by atoms with van der Waals surface area (Å²) >= 11 is 0. The van der Waals surface area contributed by atoms with Gasteiger partial charge in [0.25, 0.3) is 0 Å². The van der Waals surface area contributed by atoms with Crippen LogP contribution in [0.4, 0.5) is 5.69 Å². The fourth-order valence-corrected chi connectivity index (χ4v) is 3.86. The third-order valence-electron chi connectivity index (χ3n) is 5.17. The number of amides is 1. The third kappa shape index (κ3) is 3.78. The maximum Gasteiger partial charge on any atom is 0.241 e. The largest absolute Gasteiger partial charge is 0.493 e. The van der Waals surface area contributed by atoms with Crippen LogP contribution >= 0.6 is 12.4 Å². The number of methoxy groups -OCH3 is 2. The highest BCUT2D eigenvalue weighted by Crippen LogP contribution is 2.35. The smallest absolute Gasteiger partial charge is 0.241 e. The van der Waals surface area contributed by atoms with E-state index in [2.05, 4.69) is 10.6 Å². The second-order valence-corrected chi connectivity index (χ2v) is 6.62. The van der Waals surface area contributed by atoms with Crippen LogP contribution in [0.25, 0.3) is 0 Å². The van der Waals surface area contributed by atoms with Crippen molar-refractivity contribution in [2.45, 2.75) is 51.1 Å². The van der Waals surface area contributed by atoms with Gasteiger partial charge in [-0.2, -0.15) is 0 Å². The van der Waals surface area contributed by atoms with Gasteiger partial charge in [0.05, 0.1) is 20.3 Å². The Balaban J connectivity index is 0.00000208. The van der Waals surface area contributed by atoms with Crippen LogP contribution in [0.2, 0.25) is 0 Å². The monoisotopic (exact) mass is 354 g/mol. The minimum atomic E-state index is -0.0874. The normalized spacial score (nSPS) is 25.4. The van der Waals surface area contributed by atoms with Gasteiger partial charge in [0.2, 0.25) is 5.91 Å². The number of hydrogen-bond acceptors (Lipinski definition) is 4. The number of nitrogens with one attached hydrogen (secondary N) is 2. The predicted octanol–water partition coefficient (Wildman–Crippen LogP) is 3.29. The molecule has 1 aromatic rings. The average molecular weight is 355 g/mol. The molecule has 1 saturated carbocycles. The lowest BCUT2D eigenvalue weighted by molar-refractivity contribution is -0.117. The van der Waals surface area contributed by atoms with E-state index in [0.29, 0.717) is 23.5 Å². The van der Waals surface area contributed by atoms with E-state index in [4.69, 9.17) is 9.47 Å². The van der Waals surface area contributed by atoms with E-state index in [-0.39, 0.29) is 24.4 Å². The van der Waals surface area contributed by atoms with Crippen LogP contribution < -0.4 is 20.1 Å². The van der Waals surface area contributed by atoms with Crippen LogP contribution in [-0.4, -0.2) is 32.2 Å². The van der Waals surface area contributed by atoms with Crippen molar-refractivity contribution < 1.29 is 14.3 Å². The summed E-state index contributed by atoms with van der Waals surface area (Å²) in [5.41, 5.74) is 1.75. The van der Waals surface area contributed by atoms with Gasteiger partial charge < -0.3 is 20.1 Å². The van der Waals surface area contributed by atoms with Gasteiger partial charge in [0.15, 0.2) is 11.5 Å². The molecule has 1 aliphatic heterocycles. The molecule has 1 amide bonds. The minimum Gasteiger partial charge on any atom is -0.493 e. The lowest BCUT2D eigenvalue weighted by Crippen LogP contribution is -2.40. The van der Waals surface area contributed by atoms with Crippen molar-refractivity contribution >= 4 is 24.0 Å². The standard InChI is InChI=1S/C18H26N2O3.ClH/c1-11-8-16(22-2)17(23-3)10-14(11)20-18(21)15-9-12-6-4-5-7-13(12)19-15;/h8,10,12-13,15,19H,4-7,9H2,1-3H3,(H,20,21);1H. The van der Waals surface area contributed by atoms with Crippen LogP contribution in [0.1, 0.15) is 37.7 Å². The molecule has 1 aliphatic carbocycles. The topological polar surface area (TPSA) is 59.6 Å². The first-order valence-corrected chi connectivity index (χ1v) is 8.42. The molecule has 2 N–H and O–H groups in total. The Bertz CT molecular complexity index is 580. The zero-order chi connectivity index (χ0) is 16.4. The van der Waals surface area contributed by atoms with Gasteiger partial charge in [0, 0.05) is 17.8 Å². The zero-order valence-corrected chi connectivity index (χ0v) is 15.4. The van der Waals surface area contributed by atoms with E-state index >= 15 is 0 Å². The molecule has 0 spiro atoms. The van der Waals surface area contributed by atoms with Crippen molar-refractivity contribution in [3.8, 4) is 11.5 Å². The molecule has 2 fully saturated rings. The summed E-state index contributed by atoms with van der Waals surface area (Å²) in [7, 11) is 3.21. The van der Waals surface area contributed by atoms with Gasteiger partial charge in [-0.3, -0.25) is 4.79 Å². The Morgan fingerprint density at radius 1 is 1.17 bits per heavy atom. The summed E-state index contributed by atoms with van der Waals surface area (Å²) in [6.45, 7) is 1.96. The Kier molecular flexibility index (Phi) is 6.35. The van der Waals surface area contributed by atoms with E-state index < -0.39 is 0 Å². The lowest BCUT2D eigenvalue weighted by atomic mass is 9.85. The molecule has 3 rings (SSSR count). The maximum atomic E-state index is 12.6. The molecule has 2 aliphatic rings. The first kappa shape index (κ1) is 18.9. The number of aryl methyl sites for hydroxylation is 1. The van der Waals surface area contributed by atoms with E-state index in [1.54, 1.807) is 14.2 Å². The summed E-state index contributed by atoms with van der Waals surface area (Å²) in [6.07, 6.45) is 5.97. The Morgan fingerprint density at radius 2 is 1.83 bits per heavy atom. The van der Waals surface area contributed by atoms with E-state index in [1.165, 1.54) is 25.7 Å². The average Bonchev–Trinajstić information content (AvgIpc) is 3.00. The van der Waals surface area contributed by atoms with Crippen LogP contribution in [0.3, 0.4) is 0 Å². The van der Waals surface area contributed by atoms with Gasteiger partial charge in [-0.15, -0.1) is 12.4 Å².